The van der Waals surface area contributed by atoms with Gasteiger partial charge in [0.05, 0.1) is 12.7 Å². The van der Waals surface area contributed by atoms with Gasteiger partial charge in [-0.2, -0.15) is 11.8 Å². The smallest absolute Gasteiger partial charge is 0.255 e. The Labute approximate surface area is 195 Å². The van der Waals surface area contributed by atoms with Crippen molar-refractivity contribution in [3.63, 3.8) is 0 Å². The predicted octanol–water partition coefficient (Wildman–Crippen LogP) is 3.33. The molecule has 0 unspecified atom stereocenters. The van der Waals surface area contributed by atoms with Crippen LogP contribution in [0.25, 0.3) is 0 Å². The van der Waals surface area contributed by atoms with Crippen LogP contribution >= 0.6 is 11.8 Å². The molecule has 3 rings (SSSR count). The summed E-state index contributed by atoms with van der Waals surface area (Å²) in [4.78, 5) is 28.3. The molecule has 1 heterocycles. The SMILES string of the molecule is COc1ccccc1C(=O)N[C@@H](CCSC)C(=O)NC1CCN(Cc2ccccc2)CC1. The number of thioether (sulfide) groups is 1. The number of carbonyl (C=O) groups excluding carboxylic acids is 2. The van der Waals surface area contributed by atoms with Crippen LogP contribution in [0.5, 0.6) is 5.75 Å². The Balaban J connectivity index is 1.54. The van der Waals surface area contributed by atoms with Crippen molar-refractivity contribution in [2.75, 3.05) is 32.2 Å². The van der Waals surface area contributed by atoms with Crippen LogP contribution < -0.4 is 15.4 Å². The highest BCUT2D eigenvalue weighted by molar-refractivity contribution is 7.98. The molecule has 2 N–H and O–H groups in total. The highest BCUT2D eigenvalue weighted by atomic mass is 32.2. The number of piperidine rings is 1. The largest absolute Gasteiger partial charge is 0.496 e. The lowest BCUT2D eigenvalue weighted by Gasteiger charge is -2.33. The third-order valence-corrected chi connectivity index (χ3v) is 6.41. The van der Waals surface area contributed by atoms with Crippen LogP contribution in [0.15, 0.2) is 54.6 Å². The van der Waals surface area contributed by atoms with Crippen molar-refractivity contribution in [2.24, 2.45) is 0 Å². The van der Waals surface area contributed by atoms with Crippen molar-refractivity contribution < 1.29 is 14.3 Å². The molecule has 0 aromatic heterocycles. The van der Waals surface area contributed by atoms with Gasteiger partial charge in [-0.05, 0) is 49.0 Å². The first-order valence-electron chi connectivity index (χ1n) is 11.1. The lowest BCUT2D eigenvalue weighted by atomic mass is 10.0. The molecule has 6 nitrogen and oxygen atoms in total. The Morgan fingerprint density at radius 1 is 1.09 bits per heavy atom. The Hall–Kier alpha value is -2.51. The number of benzene rings is 2. The van der Waals surface area contributed by atoms with Gasteiger partial charge >= 0.3 is 0 Å². The fourth-order valence-corrected chi connectivity index (χ4v) is 4.42. The highest BCUT2D eigenvalue weighted by Gasteiger charge is 2.26. The van der Waals surface area contributed by atoms with Crippen LogP contribution in [-0.2, 0) is 11.3 Å². The number of nitrogens with one attached hydrogen (secondary N) is 2. The lowest BCUT2D eigenvalue weighted by Crippen LogP contribution is -2.52. The van der Waals surface area contributed by atoms with E-state index in [1.54, 1.807) is 30.0 Å². The molecule has 2 amide bonds. The summed E-state index contributed by atoms with van der Waals surface area (Å²) in [5.41, 5.74) is 1.75. The molecule has 1 aliphatic rings. The second kappa shape index (κ2) is 12.5. The maximum atomic E-state index is 13.0. The predicted molar refractivity (Wildman–Crippen MR) is 130 cm³/mol. The van der Waals surface area contributed by atoms with Gasteiger partial charge in [-0.25, -0.2) is 0 Å². The molecular weight excluding hydrogens is 422 g/mol. The zero-order valence-electron chi connectivity index (χ0n) is 18.9. The van der Waals surface area contributed by atoms with Crippen molar-refractivity contribution >= 4 is 23.6 Å². The molecule has 172 valence electrons. The second-order valence-corrected chi connectivity index (χ2v) is 9.04. The van der Waals surface area contributed by atoms with Gasteiger partial charge in [-0.15, -0.1) is 0 Å². The molecule has 2 aromatic rings. The normalized spacial score (nSPS) is 15.7. The van der Waals surface area contributed by atoms with Crippen LogP contribution in [0.2, 0.25) is 0 Å². The first kappa shape index (κ1) is 24.1. The number of carbonyl (C=O) groups is 2. The highest BCUT2D eigenvalue weighted by Crippen LogP contribution is 2.18. The summed E-state index contributed by atoms with van der Waals surface area (Å²) in [5, 5.41) is 6.10. The van der Waals surface area contributed by atoms with E-state index in [4.69, 9.17) is 4.74 Å². The molecule has 2 aromatic carbocycles. The van der Waals surface area contributed by atoms with Crippen molar-refractivity contribution in [3.05, 3.63) is 65.7 Å². The topological polar surface area (TPSA) is 70.7 Å². The fourth-order valence-electron chi connectivity index (χ4n) is 3.95. The average Bonchev–Trinajstić information content (AvgIpc) is 2.83. The van der Waals surface area contributed by atoms with Gasteiger partial charge in [0, 0.05) is 25.7 Å². The average molecular weight is 456 g/mol. The molecular formula is C25H33N3O3S. The number of amides is 2. The van der Waals surface area contributed by atoms with Gasteiger partial charge < -0.3 is 15.4 Å². The third kappa shape index (κ3) is 7.00. The molecule has 1 saturated heterocycles. The summed E-state index contributed by atoms with van der Waals surface area (Å²) < 4.78 is 5.29. The minimum Gasteiger partial charge on any atom is -0.496 e. The van der Waals surface area contributed by atoms with Gasteiger partial charge in [0.15, 0.2) is 0 Å². The number of para-hydroxylation sites is 1. The van der Waals surface area contributed by atoms with E-state index in [9.17, 15) is 9.59 Å². The van der Waals surface area contributed by atoms with Gasteiger partial charge in [0.25, 0.3) is 5.91 Å². The maximum Gasteiger partial charge on any atom is 0.255 e. The summed E-state index contributed by atoms with van der Waals surface area (Å²) in [6, 6.07) is 17.1. The first-order valence-corrected chi connectivity index (χ1v) is 12.5. The molecule has 32 heavy (non-hydrogen) atoms. The molecule has 1 fully saturated rings. The molecule has 1 aliphatic heterocycles. The molecule has 1 atom stereocenters. The third-order valence-electron chi connectivity index (χ3n) is 5.77. The maximum absolute atomic E-state index is 13.0. The van der Waals surface area contributed by atoms with E-state index in [-0.39, 0.29) is 17.9 Å². The quantitative estimate of drug-likeness (QED) is 0.575. The van der Waals surface area contributed by atoms with E-state index in [0.29, 0.717) is 17.7 Å². The Kier molecular flexibility index (Phi) is 9.43. The zero-order valence-corrected chi connectivity index (χ0v) is 19.7. The van der Waals surface area contributed by atoms with Gasteiger partial charge in [-0.3, -0.25) is 14.5 Å². The summed E-state index contributed by atoms with van der Waals surface area (Å²) in [7, 11) is 1.54. The minimum absolute atomic E-state index is 0.108. The van der Waals surface area contributed by atoms with E-state index in [0.717, 1.165) is 38.2 Å². The summed E-state index contributed by atoms with van der Waals surface area (Å²) in [5.74, 6) is 0.893. The van der Waals surface area contributed by atoms with E-state index in [2.05, 4.69) is 39.8 Å². The van der Waals surface area contributed by atoms with Crippen LogP contribution in [0.1, 0.15) is 35.2 Å². The van der Waals surface area contributed by atoms with Crippen molar-refractivity contribution in [1.82, 2.24) is 15.5 Å². The summed E-state index contributed by atoms with van der Waals surface area (Å²) >= 11 is 1.66. The number of hydrogen-bond acceptors (Lipinski definition) is 5. The number of rotatable bonds is 10. The van der Waals surface area contributed by atoms with Gasteiger partial charge in [0.1, 0.15) is 11.8 Å². The Morgan fingerprint density at radius 3 is 2.47 bits per heavy atom. The van der Waals surface area contributed by atoms with E-state index < -0.39 is 6.04 Å². The van der Waals surface area contributed by atoms with Crippen molar-refractivity contribution in [2.45, 2.75) is 37.9 Å². The zero-order chi connectivity index (χ0) is 22.8. The van der Waals surface area contributed by atoms with Gasteiger partial charge in [0.2, 0.25) is 5.91 Å². The second-order valence-electron chi connectivity index (χ2n) is 8.05. The summed E-state index contributed by atoms with van der Waals surface area (Å²) in [6.07, 6.45) is 4.41. The van der Waals surface area contributed by atoms with Crippen LogP contribution in [0, 0.1) is 0 Å². The van der Waals surface area contributed by atoms with Crippen LogP contribution in [0.4, 0.5) is 0 Å². The minimum atomic E-state index is -0.567. The molecule has 0 aliphatic carbocycles. The summed E-state index contributed by atoms with van der Waals surface area (Å²) in [6.45, 7) is 2.83. The standard InChI is InChI=1S/C25H33N3O3S/c1-31-23-11-7-6-10-21(23)24(29)27-22(14-17-32-2)25(30)26-20-12-15-28(16-13-20)18-19-8-4-3-5-9-19/h3-11,20,22H,12-18H2,1-2H3,(H,26,30)(H,27,29)/t22-/m0/s1. The Bertz CT molecular complexity index is 870. The van der Waals surface area contributed by atoms with E-state index >= 15 is 0 Å². The molecule has 0 spiro atoms. The van der Waals surface area contributed by atoms with E-state index in [1.807, 2.05) is 18.4 Å². The van der Waals surface area contributed by atoms with E-state index in [1.165, 1.54) is 12.7 Å². The molecule has 0 radical (unpaired) electrons. The molecule has 0 bridgehead atoms. The first-order chi connectivity index (χ1) is 15.6. The van der Waals surface area contributed by atoms with Crippen molar-refractivity contribution in [1.29, 1.82) is 0 Å². The van der Waals surface area contributed by atoms with Crippen LogP contribution in [-0.4, -0.2) is 61.0 Å². The van der Waals surface area contributed by atoms with Crippen LogP contribution in [0.3, 0.4) is 0 Å². The lowest BCUT2D eigenvalue weighted by molar-refractivity contribution is -0.124. The molecule has 0 saturated carbocycles. The monoisotopic (exact) mass is 455 g/mol. The Morgan fingerprint density at radius 2 is 1.78 bits per heavy atom. The van der Waals surface area contributed by atoms with Gasteiger partial charge in [-0.1, -0.05) is 42.5 Å². The number of methoxy groups -OCH3 is 1. The number of ether oxygens (including phenoxy) is 1. The van der Waals surface area contributed by atoms with Crippen molar-refractivity contribution in [3.8, 4) is 5.75 Å². The number of nitrogens with zero attached hydrogens (tertiary/aromatic N) is 1. The number of likely N-dealkylation sites (tertiary alicyclic amines) is 1. The molecule has 7 heteroatoms. The number of hydrogen-bond donors (Lipinski definition) is 2. The fraction of sp³-hybridized carbons (Fsp3) is 0.440.